The molecule has 0 fully saturated rings. The molecule has 5 nitrogen and oxygen atoms in total. The number of H-pyrrole nitrogens is 1. The second-order valence-corrected chi connectivity index (χ2v) is 4.77. The van der Waals surface area contributed by atoms with E-state index in [0.717, 1.165) is 30.4 Å². The molecule has 2 aromatic rings. The summed E-state index contributed by atoms with van der Waals surface area (Å²) in [6.45, 7) is 1.93. The standard InChI is InChI=1S/C13H15N3O2/c1-16-5-4-12-10(7-16)9-6-8(13(17)15-18)2-3-11(9)14-12/h2-3,6,14,18H,4-5,7H2,1H3,(H,15,17). The second kappa shape index (κ2) is 4.12. The maximum atomic E-state index is 11.4. The van der Waals surface area contributed by atoms with Crippen molar-refractivity contribution in [3.05, 3.63) is 35.0 Å². The molecule has 18 heavy (non-hydrogen) atoms. The Morgan fingerprint density at radius 3 is 3.11 bits per heavy atom. The molecule has 94 valence electrons. The average molecular weight is 245 g/mol. The molecule has 1 aliphatic heterocycles. The first-order chi connectivity index (χ1) is 8.69. The summed E-state index contributed by atoms with van der Waals surface area (Å²) in [7, 11) is 2.09. The largest absolute Gasteiger partial charge is 0.358 e. The third-order valence-electron chi connectivity index (χ3n) is 3.53. The molecule has 1 aliphatic rings. The van der Waals surface area contributed by atoms with Gasteiger partial charge in [-0.3, -0.25) is 10.0 Å². The highest BCUT2D eigenvalue weighted by atomic mass is 16.5. The molecule has 0 spiro atoms. The summed E-state index contributed by atoms with van der Waals surface area (Å²) in [5.41, 5.74) is 5.70. The zero-order chi connectivity index (χ0) is 12.7. The van der Waals surface area contributed by atoms with Crippen molar-refractivity contribution in [1.29, 1.82) is 0 Å². The van der Waals surface area contributed by atoms with Crippen LogP contribution in [-0.4, -0.2) is 34.6 Å². The van der Waals surface area contributed by atoms with E-state index in [4.69, 9.17) is 5.21 Å². The fourth-order valence-corrected chi connectivity index (χ4v) is 2.55. The van der Waals surface area contributed by atoms with Crippen molar-refractivity contribution in [2.75, 3.05) is 13.6 Å². The summed E-state index contributed by atoms with van der Waals surface area (Å²) < 4.78 is 0. The van der Waals surface area contributed by atoms with Gasteiger partial charge in [-0.15, -0.1) is 0 Å². The summed E-state index contributed by atoms with van der Waals surface area (Å²) in [6.07, 6.45) is 1.00. The van der Waals surface area contributed by atoms with E-state index in [0.29, 0.717) is 5.56 Å². The number of amides is 1. The Bertz CT molecular complexity index is 618. The lowest BCUT2D eigenvalue weighted by Gasteiger charge is -2.22. The minimum atomic E-state index is -0.476. The molecular formula is C13H15N3O2. The predicted octanol–water partition coefficient (Wildman–Crippen LogP) is 1.27. The van der Waals surface area contributed by atoms with E-state index in [1.165, 1.54) is 11.3 Å². The highest BCUT2D eigenvalue weighted by molar-refractivity contribution is 5.98. The number of carbonyl (C=O) groups is 1. The van der Waals surface area contributed by atoms with E-state index < -0.39 is 5.91 Å². The highest BCUT2D eigenvalue weighted by Crippen LogP contribution is 2.27. The van der Waals surface area contributed by atoms with Crippen LogP contribution >= 0.6 is 0 Å². The van der Waals surface area contributed by atoms with Crippen LogP contribution in [0.1, 0.15) is 21.6 Å². The van der Waals surface area contributed by atoms with Gasteiger partial charge in [0.05, 0.1) is 0 Å². The molecule has 1 aromatic heterocycles. The minimum absolute atomic E-state index is 0.472. The fourth-order valence-electron chi connectivity index (χ4n) is 2.55. The third kappa shape index (κ3) is 1.68. The topological polar surface area (TPSA) is 68.4 Å². The summed E-state index contributed by atoms with van der Waals surface area (Å²) in [5, 5.41) is 9.74. The zero-order valence-corrected chi connectivity index (χ0v) is 10.2. The van der Waals surface area contributed by atoms with Gasteiger partial charge in [-0.25, -0.2) is 5.48 Å². The lowest BCUT2D eigenvalue weighted by molar-refractivity contribution is 0.0706. The Morgan fingerprint density at radius 1 is 1.50 bits per heavy atom. The molecule has 1 amide bonds. The number of hydrogen-bond acceptors (Lipinski definition) is 3. The SMILES string of the molecule is CN1CCc2[nH]c3ccc(C(=O)NO)cc3c2C1. The molecule has 0 bridgehead atoms. The average Bonchev–Trinajstić information content (AvgIpc) is 2.75. The normalized spacial score (nSPS) is 15.7. The number of nitrogens with zero attached hydrogens (tertiary/aromatic N) is 1. The smallest absolute Gasteiger partial charge is 0.274 e. The van der Waals surface area contributed by atoms with Gasteiger partial charge in [-0.1, -0.05) is 0 Å². The molecule has 5 heteroatoms. The van der Waals surface area contributed by atoms with E-state index in [2.05, 4.69) is 16.9 Å². The highest BCUT2D eigenvalue weighted by Gasteiger charge is 2.19. The number of nitrogens with one attached hydrogen (secondary N) is 2. The van der Waals surface area contributed by atoms with Crippen molar-refractivity contribution in [3.63, 3.8) is 0 Å². The Hall–Kier alpha value is -1.85. The van der Waals surface area contributed by atoms with Gasteiger partial charge in [0.1, 0.15) is 0 Å². The lowest BCUT2D eigenvalue weighted by Crippen LogP contribution is -2.26. The van der Waals surface area contributed by atoms with Gasteiger partial charge < -0.3 is 9.88 Å². The van der Waals surface area contributed by atoms with Crippen LogP contribution in [0, 0.1) is 0 Å². The number of aromatic nitrogens is 1. The number of fused-ring (bicyclic) bond motifs is 3. The van der Waals surface area contributed by atoms with Gasteiger partial charge in [0.25, 0.3) is 5.91 Å². The number of rotatable bonds is 1. The second-order valence-electron chi connectivity index (χ2n) is 4.77. The number of aromatic amines is 1. The summed E-state index contributed by atoms with van der Waals surface area (Å²) in [6, 6.07) is 5.42. The van der Waals surface area contributed by atoms with E-state index in [9.17, 15) is 4.79 Å². The monoisotopic (exact) mass is 245 g/mol. The van der Waals surface area contributed by atoms with Crippen LogP contribution in [0.25, 0.3) is 10.9 Å². The molecule has 3 N–H and O–H groups in total. The Kier molecular flexibility index (Phi) is 2.57. The van der Waals surface area contributed by atoms with Gasteiger partial charge in [0.2, 0.25) is 0 Å². The molecule has 0 radical (unpaired) electrons. The van der Waals surface area contributed by atoms with Crippen LogP contribution in [0.15, 0.2) is 18.2 Å². The summed E-state index contributed by atoms with van der Waals surface area (Å²) in [4.78, 5) is 17.1. The van der Waals surface area contributed by atoms with Crippen molar-refractivity contribution in [2.45, 2.75) is 13.0 Å². The summed E-state index contributed by atoms with van der Waals surface area (Å²) in [5.74, 6) is -0.476. The van der Waals surface area contributed by atoms with Crippen LogP contribution in [0.4, 0.5) is 0 Å². The quantitative estimate of drug-likeness (QED) is 0.523. The Labute approximate surface area is 104 Å². The first-order valence-electron chi connectivity index (χ1n) is 5.95. The van der Waals surface area contributed by atoms with E-state index >= 15 is 0 Å². The molecular weight excluding hydrogens is 230 g/mol. The number of hydroxylamine groups is 1. The molecule has 0 saturated carbocycles. The van der Waals surface area contributed by atoms with Crippen LogP contribution in [0.5, 0.6) is 0 Å². The first-order valence-corrected chi connectivity index (χ1v) is 5.95. The van der Waals surface area contributed by atoms with Gasteiger partial charge in [-0.05, 0) is 30.8 Å². The van der Waals surface area contributed by atoms with Gasteiger partial charge in [0, 0.05) is 41.7 Å². The maximum absolute atomic E-state index is 11.4. The lowest BCUT2D eigenvalue weighted by atomic mass is 10.0. The van der Waals surface area contributed by atoms with Gasteiger partial charge >= 0.3 is 0 Å². The molecule has 2 heterocycles. The van der Waals surface area contributed by atoms with Crippen LogP contribution in [0.3, 0.4) is 0 Å². The van der Waals surface area contributed by atoms with Crippen molar-refractivity contribution < 1.29 is 10.0 Å². The van der Waals surface area contributed by atoms with E-state index in [-0.39, 0.29) is 0 Å². The van der Waals surface area contributed by atoms with Crippen molar-refractivity contribution in [1.82, 2.24) is 15.4 Å². The minimum Gasteiger partial charge on any atom is -0.358 e. The summed E-state index contributed by atoms with van der Waals surface area (Å²) >= 11 is 0. The molecule has 0 unspecified atom stereocenters. The number of hydrogen-bond donors (Lipinski definition) is 3. The number of likely N-dealkylation sites (N-methyl/N-ethyl adjacent to an activating group) is 1. The van der Waals surface area contributed by atoms with Crippen molar-refractivity contribution in [3.8, 4) is 0 Å². The molecule has 0 saturated heterocycles. The number of benzene rings is 1. The fraction of sp³-hybridized carbons (Fsp3) is 0.308. The zero-order valence-electron chi connectivity index (χ0n) is 10.2. The molecule has 1 aromatic carbocycles. The molecule has 0 atom stereocenters. The Morgan fingerprint density at radius 2 is 2.33 bits per heavy atom. The molecule has 0 aliphatic carbocycles. The predicted molar refractivity (Wildman–Crippen MR) is 67.6 cm³/mol. The van der Waals surface area contributed by atoms with Crippen molar-refractivity contribution in [2.24, 2.45) is 0 Å². The van der Waals surface area contributed by atoms with Crippen molar-refractivity contribution >= 4 is 16.8 Å². The van der Waals surface area contributed by atoms with E-state index in [1.54, 1.807) is 11.5 Å². The maximum Gasteiger partial charge on any atom is 0.274 e. The van der Waals surface area contributed by atoms with Crippen LogP contribution in [-0.2, 0) is 13.0 Å². The molecule has 3 rings (SSSR count). The van der Waals surface area contributed by atoms with Gasteiger partial charge in [0.15, 0.2) is 0 Å². The third-order valence-corrected chi connectivity index (χ3v) is 3.53. The van der Waals surface area contributed by atoms with Crippen LogP contribution in [0.2, 0.25) is 0 Å². The van der Waals surface area contributed by atoms with Crippen LogP contribution < -0.4 is 5.48 Å². The van der Waals surface area contributed by atoms with E-state index in [1.807, 2.05) is 12.1 Å². The Balaban J connectivity index is 2.15. The first kappa shape index (κ1) is 11.3. The van der Waals surface area contributed by atoms with Gasteiger partial charge in [-0.2, -0.15) is 0 Å². The number of carbonyl (C=O) groups excluding carboxylic acids is 1.